The fourth-order valence-electron chi connectivity index (χ4n) is 2.81. The molecule has 0 saturated heterocycles. The molecule has 0 amide bonds. The molecule has 0 fully saturated rings. The van der Waals surface area contributed by atoms with Gasteiger partial charge in [0.1, 0.15) is 22.0 Å². The summed E-state index contributed by atoms with van der Waals surface area (Å²) in [6.45, 7) is 1.16. The minimum Gasteiger partial charge on any atom is -0.460 e. The number of H-pyrrole nitrogens is 1. The average Bonchev–Trinajstić information content (AvgIpc) is 3.25. The highest BCUT2D eigenvalue weighted by atomic mass is 79.9. The Morgan fingerprint density at radius 3 is 2.77 bits per heavy atom. The molecule has 0 atom stereocenters. The summed E-state index contributed by atoms with van der Waals surface area (Å²) in [5.74, 6) is 2.36. The van der Waals surface area contributed by atoms with Gasteiger partial charge in [0.05, 0.1) is 18.6 Å². The molecule has 3 heterocycles. The smallest absolute Gasteiger partial charge is 0.268 e. The molecule has 5 nitrogen and oxygen atoms in total. The van der Waals surface area contributed by atoms with Crippen LogP contribution in [-0.2, 0) is 13.1 Å². The third-order valence-electron chi connectivity index (χ3n) is 4.00. The molecule has 26 heavy (non-hydrogen) atoms. The Labute approximate surface area is 162 Å². The van der Waals surface area contributed by atoms with Crippen LogP contribution in [0.25, 0.3) is 21.5 Å². The number of hydrogen-bond donors (Lipinski definition) is 1. The van der Waals surface area contributed by atoms with Crippen LogP contribution in [0.15, 0.2) is 61.5 Å². The molecule has 0 aliphatic carbocycles. The molecule has 1 aromatic carbocycles. The molecule has 3 aromatic heterocycles. The van der Waals surface area contributed by atoms with Crippen LogP contribution < -0.4 is 5.56 Å². The van der Waals surface area contributed by atoms with Crippen LogP contribution in [0.1, 0.15) is 11.6 Å². The first-order valence-corrected chi connectivity index (χ1v) is 9.75. The zero-order chi connectivity index (χ0) is 18.1. The number of aromatic nitrogens is 2. The molecule has 0 unspecified atom stereocenters. The van der Waals surface area contributed by atoms with E-state index < -0.39 is 0 Å². The van der Waals surface area contributed by atoms with E-state index in [2.05, 4.69) is 30.8 Å². The SMILES string of the molecule is CN(Cc1nc2ccsc2c(=O)[nH]1)Cc1ccc(-c2ccc(Br)cc2)o1. The lowest BCUT2D eigenvalue weighted by Crippen LogP contribution is -2.21. The van der Waals surface area contributed by atoms with E-state index in [9.17, 15) is 4.79 Å². The van der Waals surface area contributed by atoms with Crippen LogP contribution in [0, 0.1) is 0 Å². The van der Waals surface area contributed by atoms with E-state index in [1.165, 1.54) is 11.3 Å². The van der Waals surface area contributed by atoms with Gasteiger partial charge in [0.25, 0.3) is 5.56 Å². The summed E-state index contributed by atoms with van der Waals surface area (Å²) in [6.07, 6.45) is 0. The topological polar surface area (TPSA) is 62.1 Å². The number of nitrogens with one attached hydrogen (secondary N) is 1. The molecule has 1 N–H and O–H groups in total. The maximum Gasteiger partial charge on any atom is 0.268 e. The number of hydrogen-bond acceptors (Lipinski definition) is 5. The molecule has 0 aliphatic heterocycles. The van der Waals surface area contributed by atoms with Crippen LogP contribution >= 0.6 is 27.3 Å². The van der Waals surface area contributed by atoms with Crippen LogP contribution in [0.5, 0.6) is 0 Å². The summed E-state index contributed by atoms with van der Waals surface area (Å²) in [7, 11) is 1.97. The number of thiophene rings is 1. The quantitative estimate of drug-likeness (QED) is 0.501. The Kier molecular flexibility index (Phi) is 4.76. The summed E-state index contributed by atoms with van der Waals surface area (Å²) >= 11 is 4.84. The van der Waals surface area contributed by atoms with Gasteiger partial charge in [-0.25, -0.2) is 4.98 Å². The van der Waals surface area contributed by atoms with Crippen LogP contribution in [0.3, 0.4) is 0 Å². The van der Waals surface area contributed by atoms with E-state index in [0.717, 1.165) is 27.1 Å². The number of halogens is 1. The lowest BCUT2D eigenvalue weighted by Gasteiger charge is -2.14. The van der Waals surface area contributed by atoms with Crippen LogP contribution in [-0.4, -0.2) is 21.9 Å². The van der Waals surface area contributed by atoms with Gasteiger partial charge in [-0.05, 0) is 42.8 Å². The van der Waals surface area contributed by atoms with Crippen molar-refractivity contribution >= 4 is 37.5 Å². The van der Waals surface area contributed by atoms with E-state index in [-0.39, 0.29) is 5.56 Å². The minimum atomic E-state index is -0.0797. The Balaban J connectivity index is 1.46. The summed E-state index contributed by atoms with van der Waals surface area (Å²) in [5.41, 5.74) is 1.71. The molecular formula is C19H16BrN3O2S. The highest BCUT2D eigenvalue weighted by Crippen LogP contribution is 2.24. The van der Waals surface area contributed by atoms with Crippen LogP contribution in [0.4, 0.5) is 0 Å². The van der Waals surface area contributed by atoms with Crippen molar-refractivity contribution in [3.05, 3.63) is 74.3 Å². The van der Waals surface area contributed by atoms with Gasteiger partial charge in [-0.1, -0.05) is 28.1 Å². The largest absolute Gasteiger partial charge is 0.460 e. The Morgan fingerprint density at radius 2 is 1.96 bits per heavy atom. The van der Waals surface area contributed by atoms with Gasteiger partial charge in [0.2, 0.25) is 0 Å². The average molecular weight is 430 g/mol. The second kappa shape index (κ2) is 7.19. The van der Waals surface area contributed by atoms with Gasteiger partial charge >= 0.3 is 0 Å². The van der Waals surface area contributed by atoms with Crippen molar-refractivity contribution in [2.45, 2.75) is 13.1 Å². The first kappa shape index (κ1) is 17.2. The molecule has 132 valence electrons. The van der Waals surface area contributed by atoms with E-state index in [0.29, 0.717) is 23.6 Å². The maximum absolute atomic E-state index is 12.1. The second-order valence-corrected chi connectivity index (χ2v) is 7.92. The maximum atomic E-state index is 12.1. The van der Waals surface area contributed by atoms with Crippen molar-refractivity contribution in [3.8, 4) is 11.3 Å². The molecule has 0 radical (unpaired) electrons. The number of furan rings is 1. The summed E-state index contributed by atoms with van der Waals surface area (Å²) < 4.78 is 7.66. The first-order chi connectivity index (χ1) is 12.6. The predicted octanol–water partition coefficient (Wildman–Crippen LogP) is 4.64. The molecule has 4 aromatic rings. The Morgan fingerprint density at radius 1 is 1.15 bits per heavy atom. The third-order valence-corrected chi connectivity index (χ3v) is 5.43. The zero-order valence-corrected chi connectivity index (χ0v) is 16.4. The van der Waals surface area contributed by atoms with Gasteiger partial charge in [0.15, 0.2) is 0 Å². The summed E-state index contributed by atoms with van der Waals surface area (Å²) in [6, 6.07) is 13.8. The van der Waals surface area contributed by atoms with E-state index in [4.69, 9.17) is 4.42 Å². The number of fused-ring (bicyclic) bond motifs is 1. The minimum absolute atomic E-state index is 0.0797. The monoisotopic (exact) mass is 429 g/mol. The number of aromatic amines is 1. The standard InChI is InChI=1S/C19H16BrN3O2S/c1-23(11-17-21-15-8-9-26-18(15)19(24)22-17)10-14-6-7-16(25-14)12-2-4-13(20)5-3-12/h2-9H,10-11H2,1H3,(H,21,22,24). The Hall–Kier alpha value is -2.22. The van der Waals surface area contributed by atoms with Crippen molar-refractivity contribution in [3.63, 3.8) is 0 Å². The molecule has 4 rings (SSSR count). The van der Waals surface area contributed by atoms with Gasteiger partial charge in [-0.2, -0.15) is 0 Å². The van der Waals surface area contributed by atoms with E-state index >= 15 is 0 Å². The zero-order valence-electron chi connectivity index (χ0n) is 14.0. The van der Waals surface area contributed by atoms with Gasteiger partial charge < -0.3 is 9.40 Å². The van der Waals surface area contributed by atoms with Crippen molar-refractivity contribution < 1.29 is 4.42 Å². The molecule has 7 heteroatoms. The first-order valence-electron chi connectivity index (χ1n) is 8.08. The van der Waals surface area contributed by atoms with Crippen LogP contribution in [0.2, 0.25) is 0 Å². The summed E-state index contributed by atoms with van der Waals surface area (Å²) in [4.78, 5) is 21.5. The van der Waals surface area contributed by atoms with Crippen molar-refractivity contribution in [1.29, 1.82) is 0 Å². The van der Waals surface area contributed by atoms with Gasteiger partial charge in [0, 0.05) is 10.0 Å². The van der Waals surface area contributed by atoms with Crippen molar-refractivity contribution in [1.82, 2.24) is 14.9 Å². The lowest BCUT2D eigenvalue weighted by atomic mass is 10.2. The second-order valence-electron chi connectivity index (χ2n) is 6.09. The van der Waals surface area contributed by atoms with Crippen molar-refractivity contribution in [2.24, 2.45) is 0 Å². The summed E-state index contributed by atoms with van der Waals surface area (Å²) in [5, 5.41) is 1.88. The molecular weight excluding hydrogens is 414 g/mol. The lowest BCUT2D eigenvalue weighted by molar-refractivity contribution is 0.283. The number of rotatable bonds is 5. The van der Waals surface area contributed by atoms with Crippen molar-refractivity contribution in [2.75, 3.05) is 7.05 Å². The molecule has 0 aliphatic rings. The number of benzene rings is 1. The highest BCUT2D eigenvalue weighted by molar-refractivity contribution is 9.10. The van der Waals surface area contributed by atoms with Gasteiger partial charge in [-0.3, -0.25) is 9.69 Å². The highest BCUT2D eigenvalue weighted by Gasteiger charge is 2.10. The van der Waals surface area contributed by atoms with E-state index in [1.54, 1.807) is 0 Å². The third kappa shape index (κ3) is 3.65. The fourth-order valence-corrected chi connectivity index (χ4v) is 3.80. The van der Waals surface area contributed by atoms with E-state index in [1.807, 2.05) is 54.9 Å². The fraction of sp³-hybridized carbons (Fsp3) is 0.158. The predicted molar refractivity (Wildman–Crippen MR) is 107 cm³/mol. The molecule has 0 bridgehead atoms. The molecule has 0 spiro atoms. The Bertz CT molecular complexity index is 1100. The molecule has 0 saturated carbocycles. The normalized spacial score (nSPS) is 11.5. The number of nitrogens with zero attached hydrogens (tertiary/aromatic N) is 2. The van der Waals surface area contributed by atoms with Gasteiger partial charge in [-0.15, -0.1) is 11.3 Å².